The first kappa shape index (κ1) is 8.39. The molecule has 0 aliphatic rings. The molecule has 0 rings (SSSR count). The summed E-state index contributed by atoms with van der Waals surface area (Å²) in [6, 6.07) is 0. The third-order valence-corrected chi connectivity index (χ3v) is 1.27. The van der Waals surface area contributed by atoms with Crippen molar-refractivity contribution < 1.29 is 9.47 Å². The SMILES string of the molecule is COC(C)(OC)C(=N)N. The fraction of sp³-hybridized carbons (Fsp3) is 0.800. The van der Waals surface area contributed by atoms with Gasteiger partial charge in [-0.05, 0) is 6.92 Å². The molecule has 0 atom stereocenters. The van der Waals surface area contributed by atoms with Gasteiger partial charge < -0.3 is 15.2 Å². The molecule has 0 unspecified atom stereocenters. The zero-order valence-corrected chi connectivity index (χ0v) is 5.89. The Bertz CT molecular complexity index is 110. The molecule has 0 amide bonds. The molecular weight excluding hydrogens is 120 g/mol. The Balaban J connectivity index is 4.09. The van der Waals surface area contributed by atoms with E-state index >= 15 is 0 Å². The van der Waals surface area contributed by atoms with E-state index in [1.165, 1.54) is 14.2 Å². The Kier molecular flexibility index (Phi) is 2.61. The van der Waals surface area contributed by atoms with Crippen LogP contribution in [-0.2, 0) is 9.47 Å². The molecular formula is C5H12N2O2. The number of hydrogen-bond acceptors (Lipinski definition) is 3. The van der Waals surface area contributed by atoms with Gasteiger partial charge in [0.2, 0.25) is 5.79 Å². The average molecular weight is 132 g/mol. The minimum atomic E-state index is -1.06. The molecule has 0 aliphatic heterocycles. The molecule has 4 heteroatoms. The Morgan fingerprint density at radius 2 is 1.78 bits per heavy atom. The van der Waals surface area contributed by atoms with Gasteiger partial charge in [-0.25, -0.2) is 0 Å². The van der Waals surface area contributed by atoms with E-state index in [2.05, 4.69) is 0 Å². The summed E-state index contributed by atoms with van der Waals surface area (Å²) in [5, 5.41) is 6.98. The Morgan fingerprint density at radius 3 is 1.78 bits per heavy atom. The zero-order valence-electron chi connectivity index (χ0n) is 5.89. The predicted molar refractivity (Wildman–Crippen MR) is 34.3 cm³/mol. The Morgan fingerprint density at radius 1 is 1.44 bits per heavy atom. The van der Waals surface area contributed by atoms with Crippen LogP contribution >= 0.6 is 0 Å². The lowest BCUT2D eigenvalue weighted by Gasteiger charge is -2.23. The first-order valence-electron chi connectivity index (χ1n) is 2.51. The fourth-order valence-corrected chi connectivity index (χ4v) is 0.303. The van der Waals surface area contributed by atoms with Crippen molar-refractivity contribution in [3.63, 3.8) is 0 Å². The summed E-state index contributed by atoms with van der Waals surface area (Å²) in [6.07, 6.45) is 0. The highest BCUT2D eigenvalue weighted by Gasteiger charge is 2.26. The third-order valence-electron chi connectivity index (χ3n) is 1.27. The number of ether oxygens (including phenoxy) is 2. The smallest absolute Gasteiger partial charge is 0.223 e. The molecule has 0 aromatic rings. The summed E-state index contributed by atoms with van der Waals surface area (Å²) in [5.74, 6) is -1.19. The van der Waals surface area contributed by atoms with E-state index in [1.54, 1.807) is 6.92 Å². The first-order chi connectivity index (χ1) is 4.06. The minimum absolute atomic E-state index is 0.132. The van der Waals surface area contributed by atoms with E-state index in [4.69, 9.17) is 20.6 Å². The molecule has 0 saturated heterocycles. The van der Waals surface area contributed by atoms with Gasteiger partial charge in [-0.3, -0.25) is 5.41 Å². The van der Waals surface area contributed by atoms with Gasteiger partial charge >= 0.3 is 0 Å². The molecule has 3 N–H and O–H groups in total. The van der Waals surface area contributed by atoms with Gasteiger partial charge in [0.25, 0.3) is 0 Å². The number of nitrogens with two attached hydrogens (primary N) is 1. The molecule has 0 spiro atoms. The van der Waals surface area contributed by atoms with Gasteiger partial charge in [0.1, 0.15) is 0 Å². The molecule has 0 aromatic heterocycles. The molecule has 0 heterocycles. The number of nitrogens with one attached hydrogen (secondary N) is 1. The van der Waals surface area contributed by atoms with Crippen molar-refractivity contribution in [2.24, 2.45) is 5.73 Å². The van der Waals surface area contributed by atoms with Crippen molar-refractivity contribution in [1.29, 1.82) is 5.41 Å². The second-order valence-electron chi connectivity index (χ2n) is 1.77. The molecule has 0 aromatic carbocycles. The highest BCUT2D eigenvalue weighted by molar-refractivity contribution is 5.84. The van der Waals surface area contributed by atoms with Crippen LogP contribution in [0, 0.1) is 5.41 Å². The van der Waals surface area contributed by atoms with Crippen LogP contribution in [0.25, 0.3) is 0 Å². The second kappa shape index (κ2) is 2.80. The zero-order chi connectivity index (χ0) is 7.49. The van der Waals surface area contributed by atoms with Crippen LogP contribution in [0.1, 0.15) is 6.92 Å². The van der Waals surface area contributed by atoms with Crippen molar-refractivity contribution in [1.82, 2.24) is 0 Å². The van der Waals surface area contributed by atoms with Crippen LogP contribution in [0.4, 0.5) is 0 Å². The summed E-state index contributed by atoms with van der Waals surface area (Å²) in [7, 11) is 2.87. The van der Waals surface area contributed by atoms with Crippen LogP contribution in [0.3, 0.4) is 0 Å². The van der Waals surface area contributed by atoms with Crippen LogP contribution in [0.15, 0.2) is 0 Å². The van der Waals surface area contributed by atoms with Gasteiger partial charge in [0.05, 0.1) is 0 Å². The summed E-state index contributed by atoms with van der Waals surface area (Å²) >= 11 is 0. The largest absolute Gasteiger partial charge is 0.383 e. The molecule has 0 saturated carbocycles. The normalized spacial score (nSPS) is 11.4. The van der Waals surface area contributed by atoms with E-state index in [0.29, 0.717) is 0 Å². The third kappa shape index (κ3) is 1.65. The molecule has 0 fully saturated rings. The summed E-state index contributed by atoms with van der Waals surface area (Å²) in [5.41, 5.74) is 5.13. The van der Waals surface area contributed by atoms with Crippen LogP contribution in [0.5, 0.6) is 0 Å². The molecule has 0 bridgehead atoms. The Hall–Kier alpha value is -0.610. The Labute approximate surface area is 54.5 Å². The van der Waals surface area contributed by atoms with E-state index in [0.717, 1.165) is 0 Å². The first-order valence-corrected chi connectivity index (χ1v) is 2.51. The maximum Gasteiger partial charge on any atom is 0.223 e. The quantitative estimate of drug-likeness (QED) is 0.321. The second-order valence-corrected chi connectivity index (χ2v) is 1.77. The van der Waals surface area contributed by atoms with E-state index < -0.39 is 5.79 Å². The van der Waals surface area contributed by atoms with Gasteiger partial charge in [-0.1, -0.05) is 0 Å². The number of methoxy groups -OCH3 is 2. The van der Waals surface area contributed by atoms with E-state index in [9.17, 15) is 0 Å². The van der Waals surface area contributed by atoms with Gasteiger partial charge in [0, 0.05) is 14.2 Å². The molecule has 0 aliphatic carbocycles. The lowest BCUT2D eigenvalue weighted by molar-refractivity contribution is -0.140. The van der Waals surface area contributed by atoms with Crippen molar-refractivity contribution in [2.75, 3.05) is 14.2 Å². The summed E-state index contributed by atoms with van der Waals surface area (Å²) < 4.78 is 9.55. The molecule has 54 valence electrons. The highest BCUT2D eigenvalue weighted by atomic mass is 16.7. The summed E-state index contributed by atoms with van der Waals surface area (Å²) in [6.45, 7) is 1.58. The molecule has 9 heavy (non-hydrogen) atoms. The van der Waals surface area contributed by atoms with Gasteiger partial charge in [0.15, 0.2) is 5.84 Å². The lowest BCUT2D eigenvalue weighted by Crippen LogP contribution is -2.43. The van der Waals surface area contributed by atoms with Crippen molar-refractivity contribution in [3.05, 3.63) is 0 Å². The maximum atomic E-state index is 6.98. The van der Waals surface area contributed by atoms with Crippen LogP contribution < -0.4 is 5.73 Å². The maximum absolute atomic E-state index is 6.98. The van der Waals surface area contributed by atoms with Gasteiger partial charge in [-0.15, -0.1) is 0 Å². The van der Waals surface area contributed by atoms with Gasteiger partial charge in [-0.2, -0.15) is 0 Å². The fourth-order valence-electron chi connectivity index (χ4n) is 0.303. The topological polar surface area (TPSA) is 68.3 Å². The molecule has 0 radical (unpaired) electrons. The van der Waals surface area contributed by atoms with Crippen molar-refractivity contribution in [3.8, 4) is 0 Å². The standard InChI is InChI=1S/C5H12N2O2/c1-5(8-2,9-3)4(6)7/h1-3H3,(H3,6,7). The van der Waals surface area contributed by atoms with E-state index in [-0.39, 0.29) is 5.84 Å². The average Bonchev–Trinajstić information content (AvgIpc) is 1.86. The molecule has 4 nitrogen and oxygen atoms in total. The number of amidine groups is 1. The number of rotatable bonds is 3. The van der Waals surface area contributed by atoms with Crippen molar-refractivity contribution in [2.45, 2.75) is 12.7 Å². The van der Waals surface area contributed by atoms with Crippen molar-refractivity contribution >= 4 is 5.84 Å². The predicted octanol–water partition coefficient (Wildman–Crippen LogP) is -0.0686. The minimum Gasteiger partial charge on any atom is -0.383 e. The highest BCUT2D eigenvalue weighted by Crippen LogP contribution is 2.07. The van der Waals surface area contributed by atoms with E-state index in [1.807, 2.05) is 0 Å². The van der Waals surface area contributed by atoms with Crippen LogP contribution in [0.2, 0.25) is 0 Å². The van der Waals surface area contributed by atoms with Crippen LogP contribution in [-0.4, -0.2) is 25.8 Å². The monoisotopic (exact) mass is 132 g/mol. The summed E-state index contributed by atoms with van der Waals surface area (Å²) in [4.78, 5) is 0. The number of hydrogen-bond donors (Lipinski definition) is 2. The lowest BCUT2D eigenvalue weighted by atomic mass is 10.3.